The van der Waals surface area contributed by atoms with E-state index in [-0.39, 0.29) is 5.54 Å². The van der Waals surface area contributed by atoms with E-state index in [1.807, 2.05) is 32.9 Å². The van der Waals surface area contributed by atoms with Crippen LogP contribution in [-0.4, -0.2) is 27.3 Å². The van der Waals surface area contributed by atoms with Crippen LogP contribution in [0.5, 0.6) is 5.75 Å². The number of hydrogen-bond acceptors (Lipinski definition) is 5. The van der Waals surface area contributed by atoms with Crippen molar-refractivity contribution in [2.45, 2.75) is 26.3 Å². The Morgan fingerprint density at radius 2 is 2.00 bits per heavy atom. The predicted molar refractivity (Wildman–Crippen MR) is 69.2 cm³/mol. The number of ether oxygens (including phenoxy) is 1. The highest BCUT2D eigenvalue weighted by atomic mass is 16.5. The molecule has 0 saturated carbocycles. The van der Waals surface area contributed by atoms with E-state index in [0.29, 0.717) is 17.3 Å². The number of rotatable bonds is 2. The molecule has 0 atom stereocenters. The van der Waals surface area contributed by atoms with E-state index < -0.39 is 0 Å². The minimum absolute atomic E-state index is 0.214. The van der Waals surface area contributed by atoms with Gasteiger partial charge in [0, 0.05) is 5.69 Å². The summed E-state index contributed by atoms with van der Waals surface area (Å²) in [6, 6.07) is 5.41. The third-order valence-electron chi connectivity index (χ3n) is 2.57. The maximum Gasteiger partial charge on any atom is 0.186 e. The van der Waals surface area contributed by atoms with E-state index in [9.17, 15) is 0 Å². The van der Waals surface area contributed by atoms with Crippen LogP contribution < -0.4 is 10.5 Å². The molecule has 6 heteroatoms. The fourth-order valence-corrected chi connectivity index (χ4v) is 1.71. The van der Waals surface area contributed by atoms with E-state index in [0.717, 1.165) is 5.56 Å². The summed E-state index contributed by atoms with van der Waals surface area (Å²) < 4.78 is 7.08. The Morgan fingerprint density at radius 1 is 1.28 bits per heavy atom. The number of nitrogen functional groups attached to an aromatic ring is 1. The minimum atomic E-state index is -0.214. The highest BCUT2D eigenvalue weighted by molar-refractivity contribution is 5.68. The second-order valence-electron chi connectivity index (χ2n) is 5.04. The summed E-state index contributed by atoms with van der Waals surface area (Å²) >= 11 is 0. The van der Waals surface area contributed by atoms with Crippen molar-refractivity contribution in [2.24, 2.45) is 0 Å². The van der Waals surface area contributed by atoms with Gasteiger partial charge in [0.15, 0.2) is 5.82 Å². The Labute approximate surface area is 106 Å². The first kappa shape index (κ1) is 12.3. The van der Waals surface area contributed by atoms with Crippen LogP contribution in [0.1, 0.15) is 20.8 Å². The minimum Gasteiger partial charge on any atom is -0.496 e. The topological polar surface area (TPSA) is 78.8 Å². The highest BCUT2D eigenvalue weighted by Gasteiger charge is 2.22. The lowest BCUT2D eigenvalue weighted by Gasteiger charge is -2.20. The molecule has 0 fully saturated rings. The number of aromatic nitrogens is 4. The number of nitrogens with two attached hydrogens (primary N) is 1. The molecule has 0 aliphatic heterocycles. The van der Waals surface area contributed by atoms with E-state index in [2.05, 4.69) is 15.5 Å². The molecule has 2 N–H and O–H groups in total. The molecule has 2 aromatic rings. The second kappa shape index (κ2) is 4.29. The third-order valence-corrected chi connectivity index (χ3v) is 2.57. The van der Waals surface area contributed by atoms with Crippen LogP contribution in [0.15, 0.2) is 18.2 Å². The quantitative estimate of drug-likeness (QED) is 0.817. The monoisotopic (exact) mass is 247 g/mol. The molecule has 18 heavy (non-hydrogen) atoms. The van der Waals surface area contributed by atoms with Gasteiger partial charge in [-0.3, -0.25) is 0 Å². The SMILES string of the molecule is COc1ccc(N)cc1-c1nnnn1C(C)(C)C. The normalized spacial score (nSPS) is 11.6. The van der Waals surface area contributed by atoms with Gasteiger partial charge in [-0.2, -0.15) is 0 Å². The summed E-state index contributed by atoms with van der Waals surface area (Å²) in [5.74, 6) is 1.34. The van der Waals surface area contributed by atoms with Crippen molar-refractivity contribution in [3.8, 4) is 17.1 Å². The Balaban J connectivity index is 2.62. The van der Waals surface area contributed by atoms with Crippen molar-refractivity contribution in [3.05, 3.63) is 18.2 Å². The third kappa shape index (κ3) is 2.13. The molecule has 0 bridgehead atoms. The zero-order chi connectivity index (χ0) is 13.3. The lowest BCUT2D eigenvalue weighted by Crippen LogP contribution is -2.24. The fraction of sp³-hybridized carbons (Fsp3) is 0.417. The van der Waals surface area contributed by atoms with Crippen molar-refractivity contribution in [2.75, 3.05) is 12.8 Å². The van der Waals surface area contributed by atoms with Gasteiger partial charge in [0.2, 0.25) is 0 Å². The Hall–Kier alpha value is -2.11. The van der Waals surface area contributed by atoms with Crippen LogP contribution in [-0.2, 0) is 5.54 Å². The van der Waals surface area contributed by atoms with Crippen LogP contribution in [0.3, 0.4) is 0 Å². The first-order valence-corrected chi connectivity index (χ1v) is 5.66. The van der Waals surface area contributed by atoms with Crippen molar-refractivity contribution in [1.82, 2.24) is 20.2 Å². The molecule has 1 heterocycles. The van der Waals surface area contributed by atoms with Gasteiger partial charge < -0.3 is 10.5 Å². The van der Waals surface area contributed by atoms with Crippen LogP contribution >= 0.6 is 0 Å². The lowest BCUT2D eigenvalue weighted by atomic mass is 10.1. The number of hydrogen-bond donors (Lipinski definition) is 1. The maximum atomic E-state index is 5.81. The first-order chi connectivity index (χ1) is 8.43. The van der Waals surface area contributed by atoms with Crippen LogP contribution in [0.25, 0.3) is 11.4 Å². The maximum absolute atomic E-state index is 5.81. The van der Waals surface area contributed by atoms with Gasteiger partial charge in [0.1, 0.15) is 5.75 Å². The first-order valence-electron chi connectivity index (χ1n) is 5.66. The van der Waals surface area contributed by atoms with Gasteiger partial charge in [-0.05, 0) is 49.4 Å². The molecule has 0 amide bonds. The smallest absolute Gasteiger partial charge is 0.186 e. The largest absolute Gasteiger partial charge is 0.496 e. The number of methoxy groups -OCH3 is 1. The fourth-order valence-electron chi connectivity index (χ4n) is 1.71. The van der Waals surface area contributed by atoms with Crippen molar-refractivity contribution < 1.29 is 4.74 Å². The van der Waals surface area contributed by atoms with Crippen molar-refractivity contribution in [3.63, 3.8) is 0 Å². The van der Waals surface area contributed by atoms with E-state index in [1.165, 1.54) is 0 Å². The summed E-state index contributed by atoms with van der Waals surface area (Å²) in [6.07, 6.45) is 0. The molecule has 1 aromatic carbocycles. The molecule has 6 nitrogen and oxygen atoms in total. The molecular weight excluding hydrogens is 230 g/mol. The van der Waals surface area contributed by atoms with Crippen LogP contribution in [0.2, 0.25) is 0 Å². The summed E-state index contributed by atoms with van der Waals surface area (Å²) in [6.45, 7) is 6.10. The van der Waals surface area contributed by atoms with Crippen molar-refractivity contribution >= 4 is 5.69 Å². The van der Waals surface area contributed by atoms with Gasteiger partial charge >= 0.3 is 0 Å². The Morgan fingerprint density at radius 3 is 2.61 bits per heavy atom. The van der Waals surface area contributed by atoms with Crippen molar-refractivity contribution in [1.29, 1.82) is 0 Å². The number of nitrogens with zero attached hydrogens (tertiary/aromatic N) is 4. The van der Waals surface area contributed by atoms with E-state index in [4.69, 9.17) is 10.5 Å². The van der Waals surface area contributed by atoms with Gasteiger partial charge in [0.05, 0.1) is 18.2 Å². The molecule has 0 saturated heterocycles. The molecular formula is C12H17N5O. The average Bonchev–Trinajstić information content (AvgIpc) is 2.77. The van der Waals surface area contributed by atoms with E-state index in [1.54, 1.807) is 17.9 Å². The summed E-state index contributed by atoms with van der Waals surface area (Å²) in [5.41, 5.74) is 7.04. The van der Waals surface area contributed by atoms with Gasteiger partial charge in [-0.1, -0.05) is 0 Å². The summed E-state index contributed by atoms with van der Waals surface area (Å²) in [7, 11) is 1.61. The highest BCUT2D eigenvalue weighted by Crippen LogP contribution is 2.31. The van der Waals surface area contributed by atoms with E-state index >= 15 is 0 Å². The number of benzene rings is 1. The molecule has 0 unspecified atom stereocenters. The molecule has 0 spiro atoms. The predicted octanol–water partition coefficient (Wildman–Crippen LogP) is 1.69. The molecule has 1 aromatic heterocycles. The molecule has 0 radical (unpaired) electrons. The zero-order valence-electron chi connectivity index (χ0n) is 11.0. The van der Waals surface area contributed by atoms with Gasteiger partial charge in [-0.15, -0.1) is 5.10 Å². The summed E-state index contributed by atoms with van der Waals surface area (Å²) in [5, 5.41) is 11.8. The van der Waals surface area contributed by atoms with Crippen LogP contribution in [0.4, 0.5) is 5.69 Å². The Bertz CT molecular complexity index is 556. The Kier molecular flexibility index (Phi) is 2.94. The zero-order valence-corrected chi connectivity index (χ0v) is 11.0. The van der Waals surface area contributed by atoms with Gasteiger partial charge in [0.25, 0.3) is 0 Å². The molecule has 0 aliphatic carbocycles. The van der Waals surface area contributed by atoms with Crippen LogP contribution in [0, 0.1) is 0 Å². The standard InChI is InChI=1S/C12H17N5O/c1-12(2,3)17-11(14-15-16-17)9-7-8(13)5-6-10(9)18-4/h5-7H,13H2,1-4H3. The number of anilines is 1. The average molecular weight is 247 g/mol. The molecule has 96 valence electrons. The lowest BCUT2D eigenvalue weighted by molar-refractivity contribution is 0.350. The number of tetrazole rings is 1. The van der Waals surface area contributed by atoms with Gasteiger partial charge in [-0.25, -0.2) is 4.68 Å². The summed E-state index contributed by atoms with van der Waals surface area (Å²) in [4.78, 5) is 0. The second-order valence-corrected chi connectivity index (χ2v) is 5.04. The molecule has 0 aliphatic rings. The molecule has 2 rings (SSSR count).